The number of carbonyl (C=O) groups excluding carboxylic acids is 1. The first-order valence-corrected chi connectivity index (χ1v) is 10.3. The number of ketones is 1. The van der Waals surface area contributed by atoms with Gasteiger partial charge in [0.05, 0.1) is 0 Å². The first-order chi connectivity index (χ1) is 13.5. The highest BCUT2D eigenvalue weighted by Gasteiger charge is 2.23. The minimum atomic E-state index is -0.866. The van der Waals surface area contributed by atoms with Gasteiger partial charge in [-0.1, -0.05) is 0 Å². The fourth-order valence-electron chi connectivity index (χ4n) is 3.64. The second-order valence-corrected chi connectivity index (χ2v) is 8.09. The van der Waals surface area contributed by atoms with Gasteiger partial charge in [0.15, 0.2) is 22.8 Å². The van der Waals surface area contributed by atoms with Gasteiger partial charge in [-0.15, -0.1) is 0 Å². The molecule has 2 heterocycles. The average Bonchev–Trinajstić information content (AvgIpc) is 3.17. The molecule has 1 aromatic carbocycles. The maximum Gasteiger partial charge on any atom is 0.312 e. The van der Waals surface area contributed by atoms with Crippen LogP contribution in [0, 0.1) is 9.65 Å². The molecule has 0 fully saturated rings. The summed E-state index contributed by atoms with van der Waals surface area (Å²) >= 11 is 2.29. The second-order valence-electron chi connectivity index (χ2n) is 6.93. The third kappa shape index (κ3) is 3.48. The summed E-state index contributed by atoms with van der Waals surface area (Å²) in [7, 11) is 0. The van der Waals surface area contributed by atoms with E-state index in [1.165, 1.54) is 0 Å². The summed E-state index contributed by atoms with van der Waals surface area (Å²) in [6, 6.07) is 4.04. The van der Waals surface area contributed by atoms with Crippen LogP contribution in [-0.2, 0) is 19.4 Å². The first-order valence-electron chi connectivity index (χ1n) is 9.20. The lowest BCUT2D eigenvalue weighted by Crippen LogP contribution is -2.09. The monoisotopic (exact) mass is 494 g/mol. The molecular weight excluding hydrogens is 474 g/mol. The number of hydrogen-bond donors (Lipinski definition) is 2. The van der Waals surface area contributed by atoms with E-state index in [0.717, 1.165) is 45.3 Å². The van der Waals surface area contributed by atoms with Gasteiger partial charge in [-0.3, -0.25) is 4.79 Å². The lowest BCUT2D eigenvalue weighted by atomic mass is 10.0. The van der Waals surface area contributed by atoms with Crippen molar-refractivity contribution >= 4 is 45.4 Å². The molecule has 7 nitrogen and oxygen atoms in total. The number of nitrogens with two attached hydrogens (primary N) is 2. The normalized spacial score (nSPS) is 13.5. The van der Waals surface area contributed by atoms with E-state index in [2.05, 4.69) is 43.6 Å². The summed E-state index contributed by atoms with van der Waals surface area (Å²) in [6.45, 7) is 1.19. The predicted octanol–water partition coefficient (Wildman–Crippen LogP) is 2.61. The summed E-state index contributed by atoms with van der Waals surface area (Å²) < 4.78 is 16.7. The van der Waals surface area contributed by atoms with Gasteiger partial charge < -0.3 is 16.0 Å². The van der Waals surface area contributed by atoms with E-state index in [4.69, 9.17) is 11.5 Å². The van der Waals surface area contributed by atoms with E-state index in [1.54, 1.807) is 0 Å². The molecule has 9 heteroatoms. The Kier molecular flexibility index (Phi) is 5.28. The van der Waals surface area contributed by atoms with E-state index in [1.807, 2.05) is 10.6 Å². The molecule has 0 amide bonds. The molecular formula is C19H20FIN6O. The van der Waals surface area contributed by atoms with Gasteiger partial charge in [0.2, 0.25) is 0 Å². The predicted molar refractivity (Wildman–Crippen MR) is 113 cm³/mol. The van der Waals surface area contributed by atoms with Gasteiger partial charge in [0, 0.05) is 28.5 Å². The van der Waals surface area contributed by atoms with E-state index >= 15 is 0 Å². The van der Waals surface area contributed by atoms with E-state index in [9.17, 15) is 9.18 Å². The summed E-state index contributed by atoms with van der Waals surface area (Å²) in [5.74, 6) is 0.934. The molecule has 0 atom stereocenters. The Morgan fingerprint density at radius 1 is 1.18 bits per heavy atom. The Morgan fingerprint density at radius 3 is 2.79 bits per heavy atom. The SMILES string of the molecule is NCCCCn1c(Cc2cc3c(cc2I)CCC3=O)nc2c(N)nc(F)nc21. The molecule has 4 N–H and O–H groups in total. The molecule has 1 aliphatic rings. The number of nitrogens with zero attached hydrogens (tertiary/aromatic N) is 4. The van der Waals surface area contributed by atoms with Crippen molar-refractivity contribution in [2.45, 2.75) is 38.6 Å². The summed E-state index contributed by atoms with van der Waals surface area (Å²) in [4.78, 5) is 24.3. The number of Topliss-reactive ketones (excluding diaryl/α,β-unsaturated/α-hetero) is 1. The number of rotatable bonds is 6. The number of halogens is 2. The van der Waals surface area contributed by atoms with Crippen LogP contribution >= 0.6 is 22.6 Å². The van der Waals surface area contributed by atoms with Crippen LogP contribution in [0.4, 0.5) is 10.2 Å². The zero-order valence-corrected chi connectivity index (χ0v) is 17.4. The quantitative estimate of drug-likeness (QED) is 0.310. The fourth-order valence-corrected chi connectivity index (χ4v) is 4.36. The Labute approximate surface area is 174 Å². The summed E-state index contributed by atoms with van der Waals surface area (Å²) in [6.07, 6.45) is 2.66. The van der Waals surface area contributed by atoms with Crippen molar-refractivity contribution in [3.8, 4) is 0 Å². The smallest absolute Gasteiger partial charge is 0.312 e. The molecule has 0 saturated heterocycles. The maximum absolute atomic E-state index is 13.8. The zero-order chi connectivity index (χ0) is 19.8. The van der Waals surface area contributed by atoms with Crippen LogP contribution in [0.15, 0.2) is 12.1 Å². The molecule has 0 unspecified atom stereocenters. The molecule has 0 radical (unpaired) electrons. The number of unbranched alkanes of at least 4 members (excludes halogenated alkanes) is 1. The maximum atomic E-state index is 13.8. The van der Waals surface area contributed by atoms with Crippen molar-refractivity contribution in [3.63, 3.8) is 0 Å². The number of aryl methyl sites for hydroxylation is 2. The lowest BCUT2D eigenvalue weighted by Gasteiger charge is -2.11. The molecule has 0 aliphatic heterocycles. The Balaban J connectivity index is 1.78. The van der Waals surface area contributed by atoms with Gasteiger partial charge >= 0.3 is 6.08 Å². The van der Waals surface area contributed by atoms with Gasteiger partial charge in [0.25, 0.3) is 0 Å². The molecule has 2 aromatic heterocycles. The summed E-state index contributed by atoms with van der Waals surface area (Å²) in [5, 5.41) is 0. The lowest BCUT2D eigenvalue weighted by molar-refractivity contribution is 0.0994. The Bertz CT molecular complexity index is 1080. The summed E-state index contributed by atoms with van der Waals surface area (Å²) in [5.41, 5.74) is 15.2. The second kappa shape index (κ2) is 7.70. The fraction of sp³-hybridized carbons (Fsp3) is 0.368. The Hall–Kier alpha value is -2.14. The number of carbonyl (C=O) groups is 1. The number of imidazole rings is 1. The first kappa shape index (κ1) is 19.2. The van der Waals surface area contributed by atoms with Crippen molar-refractivity contribution in [1.82, 2.24) is 19.5 Å². The van der Waals surface area contributed by atoms with E-state index in [-0.39, 0.29) is 11.6 Å². The minimum absolute atomic E-state index is 0.0279. The van der Waals surface area contributed by atoms with Crippen molar-refractivity contribution < 1.29 is 9.18 Å². The van der Waals surface area contributed by atoms with Gasteiger partial charge in [-0.25, -0.2) is 4.98 Å². The largest absolute Gasteiger partial charge is 0.382 e. The van der Waals surface area contributed by atoms with Crippen LogP contribution in [0.3, 0.4) is 0 Å². The van der Waals surface area contributed by atoms with Crippen LogP contribution in [0.2, 0.25) is 0 Å². The average molecular weight is 494 g/mol. The number of aromatic nitrogens is 4. The van der Waals surface area contributed by atoms with Crippen LogP contribution in [0.5, 0.6) is 0 Å². The molecule has 3 aromatic rings. The number of hydrogen-bond acceptors (Lipinski definition) is 6. The van der Waals surface area contributed by atoms with Crippen LogP contribution in [0.1, 0.15) is 46.6 Å². The highest BCUT2D eigenvalue weighted by molar-refractivity contribution is 14.1. The van der Waals surface area contributed by atoms with Crippen molar-refractivity contribution in [2.75, 3.05) is 12.3 Å². The molecule has 146 valence electrons. The number of nitrogen functional groups attached to an aromatic ring is 1. The van der Waals surface area contributed by atoms with Crippen molar-refractivity contribution in [3.05, 3.63) is 44.3 Å². The zero-order valence-electron chi connectivity index (χ0n) is 15.2. The highest BCUT2D eigenvalue weighted by Crippen LogP contribution is 2.29. The standard InChI is InChI=1S/C19H20FIN6O/c20-19-25-17(23)16-18(26-19)27(6-2-1-5-22)15(24-16)9-11-7-12-10(8-13(11)21)3-4-14(12)28/h7-8H,1-6,9,22H2,(H2,23,25,26). The van der Waals surface area contributed by atoms with Crippen LogP contribution in [0.25, 0.3) is 11.2 Å². The molecule has 28 heavy (non-hydrogen) atoms. The van der Waals surface area contributed by atoms with Crippen LogP contribution in [-0.4, -0.2) is 31.8 Å². The van der Waals surface area contributed by atoms with Gasteiger partial charge in [0.1, 0.15) is 5.82 Å². The minimum Gasteiger partial charge on any atom is -0.382 e. The molecule has 4 rings (SSSR count). The topological polar surface area (TPSA) is 113 Å². The van der Waals surface area contributed by atoms with Crippen molar-refractivity contribution in [2.24, 2.45) is 5.73 Å². The van der Waals surface area contributed by atoms with Crippen LogP contribution < -0.4 is 11.5 Å². The van der Waals surface area contributed by atoms with Crippen molar-refractivity contribution in [1.29, 1.82) is 0 Å². The number of fused-ring (bicyclic) bond motifs is 2. The van der Waals surface area contributed by atoms with E-state index < -0.39 is 6.08 Å². The highest BCUT2D eigenvalue weighted by atomic mass is 127. The third-order valence-electron chi connectivity index (χ3n) is 5.05. The number of benzene rings is 1. The third-order valence-corrected chi connectivity index (χ3v) is 6.06. The molecule has 0 saturated carbocycles. The Morgan fingerprint density at radius 2 is 2.00 bits per heavy atom. The molecule has 1 aliphatic carbocycles. The van der Waals surface area contributed by atoms with E-state index in [0.29, 0.717) is 37.1 Å². The molecule has 0 spiro atoms. The molecule has 0 bridgehead atoms. The van der Waals surface area contributed by atoms with Gasteiger partial charge in [-0.2, -0.15) is 14.4 Å². The van der Waals surface area contributed by atoms with Gasteiger partial charge in [-0.05, 0) is 71.7 Å². The number of anilines is 1.